The lowest BCUT2D eigenvalue weighted by atomic mass is 10.4. The normalized spacial score (nSPS) is 19.0. The van der Waals surface area contributed by atoms with Crippen LogP contribution in [-0.4, -0.2) is 35.0 Å². The van der Waals surface area contributed by atoms with E-state index in [1.54, 1.807) is 6.92 Å². The topological polar surface area (TPSA) is 56.7 Å². The molecule has 5 nitrogen and oxygen atoms in total. The van der Waals surface area contributed by atoms with Crippen molar-refractivity contribution in [3.8, 4) is 0 Å². The van der Waals surface area contributed by atoms with Crippen molar-refractivity contribution in [3.05, 3.63) is 17.2 Å². The van der Waals surface area contributed by atoms with Crippen LogP contribution >= 0.6 is 0 Å². The Kier molecular flexibility index (Phi) is 2.48. The van der Waals surface area contributed by atoms with Crippen LogP contribution in [0.1, 0.15) is 17.2 Å². The molecule has 1 aromatic rings. The van der Waals surface area contributed by atoms with Crippen LogP contribution < -0.4 is 0 Å². The highest BCUT2D eigenvalue weighted by Gasteiger charge is 2.25. The van der Waals surface area contributed by atoms with Gasteiger partial charge in [0.15, 0.2) is 0 Å². The van der Waals surface area contributed by atoms with E-state index in [2.05, 4.69) is 4.98 Å². The lowest BCUT2D eigenvalue weighted by Gasteiger charge is -2.06. The maximum Gasteiger partial charge on any atom is 0.419 e. The number of aryl methyl sites for hydroxylation is 2. The second-order valence-corrected chi connectivity index (χ2v) is 3.70. The molecule has 15 heavy (non-hydrogen) atoms. The highest BCUT2D eigenvalue weighted by atomic mass is 16.6. The van der Waals surface area contributed by atoms with Crippen LogP contribution in [0.4, 0.5) is 4.79 Å². The maximum atomic E-state index is 11.7. The zero-order chi connectivity index (χ0) is 11.0. The number of nitrogens with zero attached hydrogens (tertiary/aromatic N) is 2. The molecule has 5 heteroatoms. The fourth-order valence-corrected chi connectivity index (χ4v) is 1.44. The van der Waals surface area contributed by atoms with Gasteiger partial charge in [0.25, 0.3) is 0 Å². The lowest BCUT2D eigenvalue weighted by molar-refractivity contribution is 0.136. The Morgan fingerprint density at radius 2 is 2.27 bits per heavy atom. The van der Waals surface area contributed by atoms with Gasteiger partial charge in [0, 0.05) is 5.69 Å². The predicted octanol–water partition coefficient (Wildman–Crippen LogP) is 1.19. The second-order valence-electron chi connectivity index (χ2n) is 3.70. The van der Waals surface area contributed by atoms with Gasteiger partial charge in [-0.2, -0.15) is 0 Å². The van der Waals surface area contributed by atoms with E-state index in [4.69, 9.17) is 9.47 Å². The third-order valence-corrected chi connectivity index (χ3v) is 2.49. The standard InChI is InChI=1S/C10H14N2O3/c1-6-7(2)12(8(3)11-6)10(13)15-5-9-4-14-9/h9H,4-5H2,1-3H3. The molecule has 0 aliphatic carbocycles. The molecular formula is C10H14N2O3. The van der Waals surface area contributed by atoms with E-state index in [-0.39, 0.29) is 12.2 Å². The van der Waals surface area contributed by atoms with E-state index >= 15 is 0 Å². The number of imidazole rings is 1. The van der Waals surface area contributed by atoms with Crippen molar-refractivity contribution in [3.63, 3.8) is 0 Å². The summed E-state index contributed by atoms with van der Waals surface area (Å²) in [5.74, 6) is 0.659. The van der Waals surface area contributed by atoms with E-state index in [1.807, 2.05) is 13.8 Å². The summed E-state index contributed by atoms with van der Waals surface area (Å²) in [6.45, 7) is 6.53. The minimum absolute atomic E-state index is 0.0965. The van der Waals surface area contributed by atoms with E-state index in [0.717, 1.165) is 11.4 Å². The van der Waals surface area contributed by atoms with Gasteiger partial charge in [-0.3, -0.25) is 0 Å². The minimum Gasteiger partial charge on any atom is -0.446 e. The Morgan fingerprint density at radius 3 is 2.73 bits per heavy atom. The summed E-state index contributed by atoms with van der Waals surface area (Å²) in [4.78, 5) is 15.9. The Bertz CT molecular complexity index is 394. The van der Waals surface area contributed by atoms with Crippen molar-refractivity contribution in [2.24, 2.45) is 0 Å². The van der Waals surface area contributed by atoms with Crippen LogP contribution in [0.2, 0.25) is 0 Å². The summed E-state index contributed by atoms with van der Waals surface area (Å²) in [5, 5.41) is 0. The number of epoxide rings is 1. The summed E-state index contributed by atoms with van der Waals surface area (Å²) >= 11 is 0. The number of rotatable bonds is 2. The smallest absolute Gasteiger partial charge is 0.419 e. The van der Waals surface area contributed by atoms with E-state index < -0.39 is 0 Å². The average Bonchev–Trinajstić information content (AvgIpc) is 2.94. The van der Waals surface area contributed by atoms with Gasteiger partial charge in [-0.15, -0.1) is 0 Å². The summed E-state index contributed by atoms with van der Waals surface area (Å²) in [6.07, 6.45) is -0.278. The number of hydrogen-bond donors (Lipinski definition) is 0. The second kappa shape index (κ2) is 3.66. The quantitative estimate of drug-likeness (QED) is 0.688. The molecule has 1 aliphatic rings. The number of hydrogen-bond acceptors (Lipinski definition) is 4. The third-order valence-electron chi connectivity index (χ3n) is 2.49. The van der Waals surface area contributed by atoms with E-state index in [1.165, 1.54) is 4.57 Å². The summed E-state index contributed by atoms with van der Waals surface area (Å²) in [6, 6.07) is 0. The number of carbonyl (C=O) groups excluding carboxylic acids is 1. The first-order valence-electron chi connectivity index (χ1n) is 4.91. The molecule has 0 amide bonds. The molecular weight excluding hydrogens is 196 g/mol. The molecule has 1 unspecified atom stereocenters. The van der Waals surface area contributed by atoms with Gasteiger partial charge in [0.2, 0.25) is 0 Å². The van der Waals surface area contributed by atoms with Gasteiger partial charge >= 0.3 is 6.09 Å². The number of ether oxygens (including phenoxy) is 2. The molecule has 0 spiro atoms. The molecule has 0 N–H and O–H groups in total. The first-order chi connectivity index (χ1) is 7.09. The summed E-state index contributed by atoms with van der Waals surface area (Å²) in [7, 11) is 0. The Hall–Kier alpha value is -1.36. The molecule has 1 aromatic heterocycles. The summed E-state index contributed by atoms with van der Waals surface area (Å²) in [5.41, 5.74) is 1.68. The molecule has 0 saturated carbocycles. The average molecular weight is 210 g/mol. The van der Waals surface area contributed by atoms with Crippen LogP contribution in [-0.2, 0) is 9.47 Å². The predicted molar refractivity (Wildman–Crippen MR) is 52.9 cm³/mol. The first-order valence-corrected chi connectivity index (χ1v) is 4.91. The fourth-order valence-electron chi connectivity index (χ4n) is 1.44. The largest absolute Gasteiger partial charge is 0.446 e. The van der Waals surface area contributed by atoms with Crippen LogP contribution in [0.3, 0.4) is 0 Å². The lowest BCUT2D eigenvalue weighted by Crippen LogP contribution is -2.19. The molecule has 82 valence electrons. The Labute approximate surface area is 88.0 Å². The van der Waals surface area contributed by atoms with Crippen molar-refractivity contribution in [1.29, 1.82) is 0 Å². The summed E-state index contributed by atoms with van der Waals surface area (Å²) < 4.78 is 11.5. The van der Waals surface area contributed by atoms with Gasteiger partial charge < -0.3 is 9.47 Å². The van der Waals surface area contributed by atoms with Crippen LogP contribution in [0, 0.1) is 20.8 Å². The number of carbonyl (C=O) groups is 1. The Morgan fingerprint density at radius 1 is 1.60 bits per heavy atom. The number of aromatic nitrogens is 2. The van der Waals surface area contributed by atoms with Gasteiger partial charge in [-0.25, -0.2) is 14.3 Å². The van der Waals surface area contributed by atoms with Gasteiger partial charge in [-0.1, -0.05) is 0 Å². The van der Waals surface area contributed by atoms with Crippen molar-refractivity contribution in [2.45, 2.75) is 26.9 Å². The highest BCUT2D eigenvalue weighted by molar-refractivity contribution is 5.72. The highest BCUT2D eigenvalue weighted by Crippen LogP contribution is 2.12. The monoisotopic (exact) mass is 210 g/mol. The zero-order valence-electron chi connectivity index (χ0n) is 9.11. The van der Waals surface area contributed by atoms with Crippen molar-refractivity contribution in [2.75, 3.05) is 13.2 Å². The molecule has 2 heterocycles. The minimum atomic E-state index is -0.374. The Balaban J connectivity index is 2.09. The molecule has 0 aromatic carbocycles. The van der Waals surface area contributed by atoms with Gasteiger partial charge in [0.05, 0.1) is 12.3 Å². The van der Waals surface area contributed by atoms with Crippen LogP contribution in [0.25, 0.3) is 0 Å². The van der Waals surface area contributed by atoms with Gasteiger partial charge in [0.1, 0.15) is 18.5 Å². The maximum absolute atomic E-state index is 11.7. The van der Waals surface area contributed by atoms with Crippen molar-refractivity contribution in [1.82, 2.24) is 9.55 Å². The van der Waals surface area contributed by atoms with E-state index in [0.29, 0.717) is 19.0 Å². The fraction of sp³-hybridized carbons (Fsp3) is 0.600. The van der Waals surface area contributed by atoms with Gasteiger partial charge in [-0.05, 0) is 20.8 Å². The van der Waals surface area contributed by atoms with Crippen molar-refractivity contribution >= 4 is 6.09 Å². The molecule has 0 radical (unpaired) electrons. The first kappa shape index (κ1) is 10.2. The van der Waals surface area contributed by atoms with E-state index in [9.17, 15) is 4.79 Å². The zero-order valence-corrected chi connectivity index (χ0v) is 9.11. The molecule has 2 rings (SSSR count). The molecule has 0 bridgehead atoms. The molecule has 1 aliphatic heterocycles. The molecule has 1 fully saturated rings. The van der Waals surface area contributed by atoms with Crippen LogP contribution in [0.5, 0.6) is 0 Å². The third kappa shape index (κ3) is 2.02. The molecule has 1 atom stereocenters. The SMILES string of the molecule is Cc1nc(C)n(C(=O)OCC2CO2)c1C. The van der Waals surface area contributed by atoms with Crippen molar-refractivity contribution < 1.29 is 14.3 Å². The van der Waals surface area contributed by atoms with Crippen LogP contribution in [0.15, 0.2) is 0 Å². The molecule has 1 saturated heterocycles.